The molecule has 2 rings (SSSR count). The molecule has 0 spiro atoms. The van der Waals surface area contributed by atoms with Gasteiger partial charge in [0.05, 0.1) is 12.6 Å². The summed E-state index contributed by atoms with van der Waals surface area (Å²) in [6.45, 7) is 3.49. The van der Waals surface area contributed by atoms with Gasteiger partial charge in [-0.25, -0.2) is 4.39 Å². The number of carbonyl (C=O) groups excluding carboxylic acids is 2. The smallest absolute Gasteiger partial charge is 0.257 e. The molecule has 0 radical (unpaired) electrons. The number of rotatable bonds is 6. The number of carbonyl (C=O) groups is 2. The first kappa shape index (κ1) is 18.3. The van der Waals surface area contributed by atoms with Gasteiger partial charge >= 0.3 is 0 Å². The van der Waals surface area contributed by atoms with E-state index in [1.165, 1.54) is 36.7 Å². The molecule has 0 aromatic carbocycles. The Hall–Kier alpha value is -3.03. The standard InChI is InChI=1S/C17H19FN4O3/c1-11(20-16(23)8-15-6-5-14(18)9-19-15)12(2)21-17(24)13-4-3-7-22(25)10-13/h3-7,9-12H,8H2,1-2H3,(H,20,23)(H,21,24). The van der Waals surface area contributed by atoms with Crippen LogP contribution in [0.15, 0.2) is 42.9 Å². The Labute approximate surface area is 144 Å². The second-order valence-electron chi connectivity index (χ2n) is 5.72. The van der Waals surface area contributed by atoms with E-state index in [2.05, 4.69) is 15.6 Å². The fourth-order valence-corrected chi connectivity index (χ4v) is 2.11. The minimum atomic E-state index is -0.464. The molecule has 2 heterocycles. The highest BCUT2D eigenvalue weighted by atomic mass is 19.1. The van der Waals surface area contributed by atoms with Crippen molar-refractivity contribution in [2.75, 3.05) is 0 Å². The molecular weight excluding hydrogens is 327 g/mol. The summed E-state index contributed by atoms with van der Waals surface area (Å²) in [6.07, 6.45) is 3.52. The summed E-state index contributed by atoms with van der Waals surface area (Å²) in [4.78, 5) is 27.9. The largest absolute Gasteiger partial charge is 0.619 e. The average molecular weight is 346 g/mol. The van der Waals surface area contributed by atoms with Gasteiger partial charge < -0.3 is 15.8 Å². The Morgan fingerprint density at radius 1 is 1.24 bits per heavy atom. The van der Waals surface area contributed by atoms with E-state index in [1.54, 1.807) is 13.8 Å². The average Bonchev–Trinajstić information content (AvgIpc) is 2.56. The van der Waals surface area contributed by atoms with Crippen LogP contribution in [0.4, 0.5) is 4.39 Å². The highest BCUT2D eigenvalue weighted by Crippen LogP contribution is 2.01. The molecule has 0 aliphatic heterocycles. The van der Waals surface area contributed by atoms with Crippen LogP contribution in [-0.4, -0.2) is 28.9 Å². The molecule has 2 N–H and O–H groups in total. The Morgan fingerprint density at radius 3 is 2.60 bits per heavy atom. The van der Waals surface area contributed by atoms with Crippen molar-refractivity contribution in [1.82, 2.24) is 15.6 Å². The van der Waals surface area contributed by atoms with Crippen molar-refractivity contribution >= 4 is 11.8 Å². The molecule has 0 aliphatic rings. The molecule has 8 heteroatoms. The van der Waals surface area contributed by atoms with Gasteiger partial charge in [0, 0.05) is 23.8 Å². The number of hydrogen-bond donors (Lipinski definition) is 2. The third-order valence-corrected chi connectivity index (χ3v) is 3.67. The second-order valence-corrected chi connectivity index (χ2v) is 5.72. The molecule has 2 aromatic heterocycles. The van der Waals surface area contributed by atoms with Crippen LogP contribution in [-0.2, 0) is 11.2 Å². The Morgan fingerprint density at radius 2 is 1.96 bits per heavy atom. The molecule has 2 amide bonds. The van der Waals surface area contributed by atoms with E-state index in [0.717, 1.165) is 6.20 Å². The fraction of sp³-hybridized carbons (Fsp3) is 0.294. The van der Waals surface area contributed by atoms with Crippen molar-refractivity contribution in [3.05, 3.63) is 65.1 Å². The van der Waals surface area contributed by atoms with Gasteiger partial charge in [-0.15, -0.1) is 0 Å². The normalized spacial score (nSPS) is 12.9. The molecule has 7 nitrogen and oxygen atoms in total. The van der Waals surface area contributed by atoms with Gasteiger partial charge in [-0.2, -0.15) is 4.73 Å². The lowest BCUT2D eigenvalue weighted by Crippen LogP contribution is -2.49. The maximum absolute atomic E-state index is 12.8. The third kappa shape index (κ3) is 5.52. The number of nitrogens with zero attached hydrogens (tertiary/aromatic N) is 2. The third-order valence-electron chi connectivity index (χ3n) is 3.67. The van der Waals surface area contributed by atoms with Crippen LogP contribution in [0.5, 0.6) is 0 Å². The minimum absolute atomic E-state index is 0.0140. The van der Waals surface area contributed by atoms with Gasteiger partial charge in [0.1, 0.15) is 11.4 Å². The number of halogens is 1. The topological polar surface area (TPSA) is 98.0 Å². The van der Waals surface area contributed by atoms with Crippen molar-refractivity contribution in [3.8, 4) is 0 Å². The molecule has 2 atom stereocenters. The first-order valence-corrected chi connectivity index (χ1v) is 7.74. The van der Waals surface area contributed by atoms with E-state index in [1.807, 2.05) is 0 Å². The zero-order chi connectivity index (χ0) is 18.4. The molecule has 0 fully saturated rings. The zero-order valence-electron chi connectivity index (χ0n) is 13.9. The molecular formula is C17H19FN4O3. The predicted octanol–water partition coefficient (Wildman–Crippen LogP) is 0.720. The first-order valence-electron chi connectivity index (χ1n) is 7.74. The minimum Gasteiger partial charge on any atom is -0.619 e. The second kappa shape index (κ2) is 8.18. The van der Waals surface area contributed by atoms with Crippen molar-refractivity contribution in [2.24, 2.45) is 0 Å². The van der Waals surface area contributed by atoms with E-state index >= 15 is 0 Å². The van der Waals surface area contributed by atoms with Crippen LogP contribution in [0.1, 0.15) is 29.9 Å². The maximum Gasteiger partial charge on any atom is 0.257 e. The van der Waals surface area contributed by atoms with Crippen LogP contribution in [0, 0.1) is 11.0 Å². The molecule has 0 saturated heterocycles. The van der Waals surface area contributed by atoms with E-state index in [9.17, 15) is 19.2 Å². The number of amides is 2. The van der Waals surface area contributed by atoms with Crippen molar-refractivity contribution in [2.45, 2.75) is 32.4 Å². The van der Waals surface area contributed by atoms with Gasteiger partial charge in [-0.3, -0.25) is 14.6 Å². The Bertz CT molecular complexity index is 752. The van der Waals surface area contributed by atoms with Crippen molar-refractivity contribution in [3.63, 3.8) is 0 Å². The summed E-state index contributed by atoms with van der Waals surface area (Å²) in [6, 6.07) is 4.98. The van der Waals surface area contributed by atoms with Crippen LogP contribution in [0.3, 0.4) is 0 Å². The Kier molecular flexibility index (Phi) is 5.99. The highest BCUT2D eigenvalue weighted by Gasteiger charge is 2.19. The molecule has 25 heavy (non-hydrogen) atoms. The van der Waals surface area contributed by atoms with Gasteiger partial charge in [0.25, 0.3) is 5.91 Å². The number of pyridine rings is 2. The van der Waals surface area contributed by atoms with Gasteiger partial charge in [-0.05, 0) is 32.0 Å². The Balaban J connectivity index is 1.86. The van der Waals surface area contributed by atoms with E-state index in [4.69, 9.17) is 0 Å². The van der Waals surface area contributed by atoms with E-state index in [-0.39, 0.29) is 30.0 Å². The summed E-state index contributed by atoms with van der Waals surface area (Å²) >= 11 is 0. The molecule has 2 unspecified atom stereocenters. The molecule has 132 valence electrons. The lowest BCUT2D eigenvalue weighted by atomic mass is 10.1. The first-order chi connectivity index (χ1) is 11.8. The van der Waals surface area contributed by atoms with E-state index in [0.29, 0.717) is 10.4 Å². The predicted molar refractivity (Wildman–Crippen MR) is 87.8 cm³/mol. The lowest BCUT2D eigenvalue weighted by molar-refractivity contribution is -0.605. The summed E-state index contributed by atoms with van der Waals surface area (Å²) in [5.74, 6) is -1.15. The molecule has 0 saturated carbocycles. The van der Waals surface area contributed by atoms with Crippen LogP contribution in [0.25, 0.3) is 0 Å². The highest BCUT2D eigenvalue weighted by molar-refractivity contribution is 5.93. The van der Waals surface area contributed by atoms with Gasteiger partial charge in [0.2, 0.25) is 5.91 Å². The summed E-state index contributed by atoms with van der Waals surface area (Å²) < 4.78 is 13.3. The maximum atomic E-state index is 12.8. The summed E-state index contributed by atoms with van der Waals surface area (Å²) in [7, 11) is 0. The van der Waals surface area contributed by atoms with E-state index < -0.39 is 11.7 Å². The molecule has 0 aliphatic carbocycles. The molecule has 0 bridgehead atoms. The van der Waals surface area contributed by atoms with Crippen molar-refractivity contribution < 1.29 is 18.7 Å². The summed E-state index contributed by atoms with van der Waals surface area (Å²) in [5, 5.41) is 16.7. The number of nitrogens with one attached hydrogen (secondary N) is 2. The zero-order valence-corrected chi connectivity index (χ0v) is 13.9. The quantitative estimate of drug-likeness (QED) is 0.595. The van der Waals surface area contributed by atoms with Gasteiger partial charge in [-0.1, -0.05) is 0 Å². The van der Waals surface area contributed by atoms with Crippen LogP contribution < -0.4 is 15.4 Å². The molecule has 2 aromatic rings. The summed E-state index contributed by atoms with van der Waals surface area (Å²) in [5.41, 5.74) is 0.686. The van der Waals surface area contributed by atoms with Crippen LogP contribution >= 0.6 is 0 Å². The van der Waals surface area contributed by atoms with Gasteiger partial charge in [0.15, 0.2) is 12.4 Å². The SMILES string of the molecule is CC(NC(=O)Cc1ccc(F)cn1)C(C)NC(=O)c1ccc[n+]([O-])c1. The number of hydrogen-bond acceptors (Lipinski definition) is 4. The number of aromatic nitrogens is 2. The lowest BCUT2D eigenvalue weighted by Gasteiger charge is -2.22. The van der Waals surface area contributed by atoms with Crippen LogP contribution in [0.2, 0.25) is 0 Å². The fourth-order valence-electron chi connectivity index (χ4n) is 2.11. The van der Waals surface area contributed by atoms with Crippen molar-refractivity contribution in [1.29, 1.82) is 0 Å². The monoisotopic (exact) mass is 346 g/mol.